The van der Waals surface area contributed by atoms with E-state index < -0.39 is 10.0 Å². The molecule has 0 spiro atoms. The number of para-hydroxylation sites is 1. The minimum Gasteiger partial charge on any atom is -0.489 e. The molecule has 2 rings (SSSR count). The number of sulfonamides is 1. The first-order valence-corrected chi connectivity index (χ1v) is 11.7. The van der Waals surface area contributed by atoms with E-state index in [1.807, 2.05) is 69.3 Å². The second kappa shape index (κ2) is 11.6. The Morgan fingerprint density at radius 3 is 2.37 bits per heavy atom. The standard InChI is InChI=1S/C22H32N4O3S/c1-5-24-22(25-14-18(3)29-21-9-7-6-8-17(21)2)26-15-19-10-12-20(13-11-19)16-30(27,28)23-4/h6-13,18,23H,5,14-16H2,1-4H3,(H2,24,25,26). The third-order valence-corrected chi connectivity index (χ3v) is 5.77. The average molecular weight is 433 g/mol. The molecule has 0 aliphatic heterocycles. The summed E-state index contributed by atoms with van der Waals surface area (Å²) in [5.41, 5.74) is 2.85. The van der Waals surface area contributed by atoms with E-state index in [0.717, 1.165) is 29.0 Å². The van der Waals surface area contributed by atoms with Crippen LogP contribution in [0.3, 0.4) is 0 Å². The van der Waals surface area contributed by atoms with Gasteiger partial charge >= 0.3 is 0 Å². The van der Waals surface area contributed by atoms with Gasteiger partial charge in [-0.25, -0.2) is 18.1 Å². The van der Waals surface area contributed by atoms with Gasteiger partial charge in [0.1, 0.15) is 11.9 Å². The summed E-state index contributed by atoms with van der Waals surface area (Å²) in [6, 6.07) is 15.4. The van der Waals surface area contributed by atoms with Crippen LogP contribution in [0.4, 0.5) is 0 Å². The highest BCUT2D eigenvalue weighted by atomic mass is 32.2. The molecule has 0 bridgehead atoms. The molecule has 0 amide bonds. The predicted molar refractivity (Wildman–Crippen MR) is 122 cm³/mol. The van der Waals surface area contributed by atoms with Crippen molar-refractivity contribution in [2.24, 2.45) is 4.99 Å². The molecule has 0 radical (unpaired) electrons. The molecule has 7 nitrogen and oxygen atoms in total. The summed E-state index contributed by atoms with van der Waals surface area (Å²) in [6.45, 7) is 7.91. The van der Waals surface area contributed by atoms with E-state index in [-0.39, 0.29) is 11.9 Å². The van der Waals surface area contributed by atoms with Crippen molar-refractivity contribution in [1.29, 1.82) is 0 Å². The minimum atomic E-state index is -3.27. The monoisotopic (exact) mass is 432 g/mol. The zero-order chi connectivity index (χ0) is 22.0. The summed E-state index contributed by atoms with van der Waals surface area (Å²) in [7, 11) is -1.85. The molecule has 30 heavy (non-hydrogen) atoms. The van der Waals surface area contributed by atoms with Crippen LogP contribution in [0.5, 0.6) is 5.75 Å². The fourth-order valence-corrected chi connectivity index (χ4v) is 3.51. The largest absolute Gasteiger partial charge is 0.489 e. The van der Waals surface area contributed by atoms with E-state index >= 15 is 0 Å². The Labute approximate surface area is 180 Å². The SMILES string of the molecule is CCNC(=NCc1ccc(CS(=O)(=O)NC)cc1)NCC(C)Oc1ccccc1C. The van der Waals surface area contributed by atoms with Gasteiger partial charge in [0.05, 0.1) is 18.8 Å². The normalized spacial score (nSPS) is 13.0. The molecular weight excluding hydrogens is 400 g/mol. The van der Waals surface area contributed by atoms with Crippen LogP contribution >= 0.6 is 0 Å². The molecule has 1 unspecified atom stereocenters. The van der Waals surface area contributed by atoms with Gasteiger partial charge in [-0.2, -0.15) is 0 Å². The van der Waals surface area contributed by atoms with Gasteiger partial charge in [-0.3, -0.25) is 0 Å². The summed E-state index contributed by atoms with van der Waals surface area (Å²) in [5, 5.41) is 6.54. The summed E-state index contributed by atoms with van der Waals surface area (Å²) in [4.78, 5) is 4.61. The fraction of sp³-hybridized carbons (Fsp3) is 0.409. The molecule has 8 heteroatoms. The van der Waals surface area contributed by atoms with Crippen LogP contribution in [0.15, 0.2) is 53.5 Å². The van der Waals surface area contributed by atoms with E-state index in [1.165, 1.54) is 7.05 Å². The van der Waals surface area contributed by atoms with Gasteiger partial charge in [0.15, 0.2) is 5.96 Å². The maximum absolute atomic E-state index is 11.6. The van der Waals surface area contributed by atoms with Crippen LogP contribution in [0.25, 0.3) is 0 Å². The Hall–Kier alpha value is -2.58. The van der Waals surface area contributed by atoms with Gasteiger partial charge in [-0.1, -0.05) is 42.5 Å². The van der Waals surface area contributed by atoms with Crippen molar-refractivity contribution in [1.82, 2.24) is 15.4 Å². The number of nitrogens with one attached hydrogen (secondary N) is 3. The van der Waals surface area contributed by atoms with E-state index in [1.54, 1.807) is 0 Å². The Bertz CT molecular complexity index is 928. The third-order valence-electron chi connectivity index (χ3n) is 4.43. The van der Waals surface area contributed by atoms with E-state index in [4.69, 9.17) is 4.74 Å². The van der Waals surface area contributed by atoms with Crippen molar-refractivity contribution >= 4 is 16.0 Å². The Balaban J connectivity index is 1.91. The van der Waals surface area contributed by atoms with Gasteiger partial charge in [-0.15, -0.1) is 0 Å². The highest BCUT2D eigenvalue weighted by Gasteiger charge is 2.09. The van der Waals surface area contributed by atoms with Crippen molar-refractivity contribution in [2.75, 3.05) is 20.1 Å². The Morgan fingerprint density at radius 1 is 1.07 bits per heavy atom. The molecule has 3 N–H and O–H groups in total. The van der Waals surface area contributed by atoms with E-state index in [0.29, 0.717) is 19.0 Å². The molecule has 2 aromatic carbocycles. The van der Waals surface area contributed by atoms with Gasteiger partial charge in [0.25, 0.3) is 0 Å². The molecule has 0 aromatic heterocycles. The summed E-state index contributed by atoms with van der Waals surface area (Å²) < 4.78 is 31.6. The zero-order valence-electron chi connectivity index (χ0n) is 18.1. The predicted octanol–water partition coefficient (Wildman–Crippen LogP) is 2.57. The van der Waals surface area contributed by atoms with Crippen molar-refractivity contribution in [3.63, 3.8) is 0 Å². The molecule has 2 aromatic rings. The molecule has 0 saturated heterocycles. The lowest BCUT2D eigenvalue weighted by molar-refractivity contribution is 0.222. The molecule has 0 aliphatic rings. The van der Waals surface area contributed by atoms with Crippen LogP contribution in [-0.2, 0) is 22.3 Å². The van der Waals surface area contributed by atoms with Gasteiger partial charge < -0.3 is 15.4 Å². The third kappa shape index (κ3) is 8.04. The van der Waals surface area contributed by atoms with Crippen molar-refractivity contribution in [3.8, 4) is 5.75 Å². The number of hydrogen-bond donors (Lipinski definition) is 3. The number of aryl methyl sites for hydroxylation is 1. The topological polar surface area (TPSA) is 91.8 Å². The van der Waals surface area contributed by atoms with Crippen LogP contribution in [0, 0.1) is 6.92 Å². The van der Waals surface area contributed by atoms with Crippen LogP contribution in [0.1, 0.15) is 30.5 Å². The smallest absolute Gasteiger partial charge is 0.215 e. The molecular formula is C22H32N4O3S. The van der Waals surface area contributed by atoms with Gasteiger partial charge in [0.2, 0.25) is 10.0 Å². The molecule has 1 atom stereocenters. The van der Waals surface area contributed by atoms with Crippen LogP contribution < -0.4 is 20.1 Å². The number of benzene rings is 2. The zero-order valence-corrected chi connectivity index (χ0v) is 18.9. The molecule has 0 heterocycles. The number of nitrogens with zero attached hydrogens (tertiary/aromatic N) is 1. The molecule has 0 fully saturated rings. The van der Waals surface area contributed by atoms with Gasteiger partial charge in [0, 0.05) is 6.54 Å². The number of guanidine groups is 1. The summed E-state index contributed by atoms with van der Waals surface area (Å²) >= 11 is 0. The number of rotatable bonds is 10. The minimum absolute atomic E-state index is 0.0247. The first-order chi connectivity index (χ1) is 14.3. The number of aliphatic imine (C=N–C) groups is 1. The summed E-state index contributed by atoms with van der Waals surface area (Å²) in [6.07, 6.45) is -0.0247. The van der Waals surface area contributed by atoms with E-state index in [2.05, 4.69) is 20.3 Å². The van der Waals surface area contributed by atoms with Crippen LogP contribution in [-0.4, -0.2) is 40.6 Å². The maximum atomic E-state index is 11.6. The second-order valence-electron chi connectivity index (χ2n) is 7.05. The van der Waals surface area contributed by atoms with Crippen molar-refractivity contribution < 1.29 is 13.2 Å². The lowest BCUT2D eigenvalue weighted by Gasteiger charge is -2.18. The lowest BCUT2D eigenvalue weighted by Crippen LogP contribution is -2.41. The fourth-order valence-electron chi connectivity index (χ4n) is 2.73. The molecule has 0 saturated carbocycles. The second-order valence-corrected chi connectivity index (χ2v) is 8.98. The Morgan fingerprint density at radius 2 is 1.73 bits per heavy atom. The maximum Gasteiger partial charge on any atom is 0.215 e. The van der Waals surface area contributed by atoms with Crippen molar-refractivity contribution in [2.45, 2.75) is 39.2 Å². The summed E-state index contributed by atoms with van der Waals surface area (Å²) in [5.74, 6) is 1.56. The molecule has 0 aliphatic carbocycles. The lowest BCUT2D eigenvalue weighted by atomic mass is 10.1. The number of hydrogen-bond acceptors (Lipinski definition) is 4. The van der Waals surface area contributed by atoms with Crippen molar-refractivity contribution in [3.05, 3.63) is 65.2 Å². The first kappa shape index (κ1) is 23.7. The highest BCUT2D eigenvalue weighted by molar-refractivity contribution is 7.88. The average Bonchev–Trinajstić information content (AvgIpc) is 2.72. The quantitative estimate of drug-likeness (QED) is 0.396. The van der Waals surface area contributed by atoms with E-state index in [9.17, 15) is 8.42 Å². The first-order valence-electron chi connectivity index (χ1n) is 10.1. The van der Waals surface area contributed by atoms with Gasteiger partial charge in [-0.05, 0) is 50.6 Å². The Kier molecular flexibility index (Phi) is 9.14. The molecule has 164 valence electrons. The highest BCUT2D eigenvalue weighted by Crippen LogP contribution is 2.17. The van der Waals surface area contributed by atoms with Crippen LogP contribution in [0.2, 0.25) is 0 Å². The number of ether oxygens (including phenoxy) is 1.